The average molecular weight is 326 g/mol. The Hall–Kier alpha value is -2.27. The zero-order valence-electron chi connectivity index (χ0n) is 13.4. The van der Waals surface area contributed by atoms with Gasteiger partial charge in [0.15, 0.2) is 0 Å². The Bertz CT molecular complexity index is 871. The Morgan fingerprint density at radius 1 is 1.22 bits per heavy atom. The average Bonchev–Trinajstić information content (AvgIpc) is 3.00. The van der Waals surface area contributed by atoms with Gasteiger partial charge < -0.3 is 4.74 Å². The first kappa shape index (κ1) is 15.6. The van der Waals surface area contributed by atoms with Gasteiger partial charge in [0.2, 0.25) is 0 Å². The number of rotatable bonds is 4. The maximum absolute atomic E-state index is 12.4. The number of hydrogen-bond donors (Lipinski definition) is 0. The van der Waals surface area contributed by atoms with Crippen molar-refractivity contribution in [2.24, 2.45) is 0 Å². The van der Waals surface area contributed by atoms with E-state index in [1.165, 1.54) is 0 Å². The van der Waals surface area contributed by atoms with E-state index in [-0.39, 0.29) is 12.6 Å². The molecule has 0 radical (unpaired) electrons. The smallest absolute Gasteiger partial charge is 0.340 e. The van der Waals surface area contributed by atoms with Gasteiger partial charge in [-0.2, -0.15) is 0 Å². The van der Waals surface area contributed by atoms with Crippen LogP contribution >= 0.6 is 11.3 Å². The Kier molecular flexibility index (Phi) is 4.39. The fraction of sp³-hybridized carbons (Fsp3) is 0.278. The van der Waals surface area contributed by atoms with E-state index in [2.05, 4.69) is 16.9 Å². The molecule has 0 spiro atoms. The zero-order valence-corrected chi connectivity index (χ0v) is 14.2. The topological polar surface area (TPSA) is 52.1 Å². The molecule has 0 aliphatic rings. The van der Waals surface area contributed by atoms with E-state index in [0.717, 1.165) is 33.6 Å². The Morgan fingerprint density at radius 3 is 2.78 bits per heavy atom. The second-order valence-corrected chi connectivity index (χ2v) is 6.42. The lowest BCUT2D eigenvalue weighted by molar-refractivity contribution is 0.0467. The van der Waals surface area contributed by atoms with Crippen molar-refractivity contribution in [2.45, 2.75) is 33.8 Å². The molecule has 0 bridgehead atoms. The highest BCUT2D eigenvalue weighted by Crippen LogP contribution is 2.19. The third-order valence-corrected chi connectivity index (χ3v) is 4.68. The molecular formula is C18H18N2O2S. The van der Waals surface area contributed by atoms with E-state index in [1.807, 2.05) is 43.5 Å². The second kappa shape index (κ2) is 6.46. The van der Waals surface area contributed by atoms with Gasteiger partial charge >= 0.3 is 5.97 Å². The van der Waals surface area contributed by atoms with Crippen LogP contribution in [-0.4, -0.2) is 15.9 Å². The predicted molar refractivity (Wildman–Crippen MR) is 91.8 cm³/mol. The van der Waals surface area contributed by atoms with Crippen molar-refractivity contribution >= 4 is 28.2 Å². The molecule has 23 heavy (non-hydrogen) atoms. The van der Waals surface area contributed by atoms with Crippen LogP contribution in [0.2, 0.25) is 0 Å². The van der Waals surface area contributed by atoms with Crippen LogP contribution in [0.25, 0.3) is 10.9 Å². The summed E-state index contributed by atoms with van der Waals surface area (Å²) in [5.74, 6) is -0.357. The van der Waals surface area contributed by atoms with Gasteiger partial charge in [-0.25, -0.2) is 9.78 Å². The van der Waals surface area contributed by atoms with Crippen LogP contribution in [0.3, 0.4) is 0 Å². The summed E-state index contributed by atoms with van der Waals surface area (Å²) < 4.78 is 5.40. The first-order valence-corrected chi connectivity index (χ1v) is 8.43. The molecule has 118 valence electrons. The van der Waals surface area contributed by atoms with Crippen molar-refractivity contribution in [1.29, 1.82) is 0 Å². The summed E-state index contributed by atoms with van der Waals surface area (Å²) in [5.41, 5.74) is 4.00. The molecule has 0 aliphatic carbocycles. The van der Waals surface area contributed by atoms with Crippen LogP contribution in [0, 0.1) is 13.8 Å². The summed E-state index contributed by atoms with van der Waals surface area (Å²) in [6, 6.07) is 7.85. The number of thiazole rings is 1. The van der Waals surface area contributed by atoms with Crippen LogP contribution in [-0.2, 0) is 17.8 Å². The molecule has 0 N–H and O–H groups in total. The van der Waals surface area contributed by atoms with E-state index in [1.54, 1.807) is 11.3 Å². The minimum absolute atomic E-state index is 0.195. The molecule has 0 saturated carbocycles. The number of fused-ring (bicyclic) bond motifs is 1. The van der Waals surface area contributed by atoms with Gasteiger partial charge in [0.25, 0.3) is 0 Å². The molecule has 0 fully saturated rings. The third kappa shape index (κ3) is 3.40. The lowest BCUT2D eigenvalue weighted by atomic mass is 10.1. The van der Waals surface area contributed by atoms with E-state index >= 15 is 0 Å². The second-order valence-electron chi connectivity index (χ2n) is 5.48. The largest absolute Gasteiger partial charge is 0.455 e. The minimum atomic E-state index is -0.357. The van der Waals surface area contributed by atoms with Gasteiger partial charge in [-0.3, -0.25) is 4.98 Å². The van der Waals surface area contributed by atoms with E-state index < -0.39 is 0 Å². The molecule has 0 aliphatic heterocycles. The lowest BCUT2D eigenvalue weighted by Gasteiger charge is -2.08. The summed E-state index contributed by atoms with van der Waals surface area (Å²) >= 11 is 1.59. The van der Waals surface area contributed by atoms with Crippen molar-refractivity contribution in [1.82, 2.24) is 9.97 Å². The molecule has 4 nitrogen and oxygen atoms in total. The first-order chi connectivity index (χ1) is 11.1. The number of benzene rings is 1. The van der Waals surface area contributed by atoms with Crippen molar-refractivity contribution in [3.8, 4) is 0 Å². The Labute approximate surface area is 139 Å². The van der Waals surface area contributed by atoms with Crippen molar-refractivity contribution in [3.05, 3.63) is 57.2 Å². The van der Waals surface area contributed by atoms with Crippen molar-refractivity contribution < 1.29 is 9.53 Å². The number of pyridine rings is 1. The summed E-state index contributed by atoms with van der Waals surface area (Å²) in [6.45, 7) is 6.10. The number of carbonyl (C=O) groups is 1. The monoisotopic (exact) mass is 326 g/mol. The van der Waals surface area contributed by atoms with Crippen LogP contribution in [0.4, 0.5) is 0 Å². The summed E-state index contributed by atoms with van der Waals surface area (Å²) in [4.78, 5) is 21.3. The summed E-state index contributed by atoms with van der Waals surface area (Å²) in [5, 5.41) is 3.93. The molecule has 2 aromatic heterocycles. The zero-order chi connectivity index (χ0) is 16.4. The highest BCUT2D eigenvalue weighted by molar-refractivity contribution is 7.09. The Morgan fingerprint density at radius 2 is 2.04 bits per heavy atom. The molecule has 5 heteroatoms. The molecule has 2 heterocycles. The quantitative estimate of drug-likeness (QED) is 0.673. The molecular weight excluding hydrogens is 308 g/mol. The normalized spacial score (nSPS) is 10.9. The van der Waals surface area contributed by atoms with Gasteiger partial charge in [0.05, 0.1) is 27.5 Å². The SMILES string of the molecule is CCc1nc(COC(=O)c2cc3cc(C)ccc3nc2C)cs1. The van der Waals surface area contributed by atoms with Gasteiger partial charge in [-0.1, -0.05) is 18.6 Å². The number of ether oxygens (including phenoxy) is 1. The van der Waals surface area contributed by atoms with Gasteiger partial charge in [0, 0.05) is 10.8 Å². The molecule has 0 saturated heterocycles. The Balaban J connectivity index is 1.80. The predicted octanol–water partition coefficient (Wildman–Crippen LogP) is 4.23. The maximum Gasteiger partial charge on any atom is 0.340 e. The van der Waals surface area contributed by atoms with Crippen molar-refractivity contribution in [2.75, 3.05) is 0 Å². The molecule has 0 unspecified atom stereocenters. The molecule has 3 aromatic rings. The number of aromatic nitrogens is 2. The van der Waals surface area contributed by atoms with Crippen molar-refractivity contribution in [3.63, 3.8) is 0 Å². The van der Waals surface area contributed by atoms with Gasteiger partial charge in [-0.05, 0) is 38.5 Å². The number of hydrogen-bond acceptors (Lipinski definition) is 5. The lowest BCUT2D eigenvalue weighted by Crippen LogP contribution is -2.08. The fourth-order valence-corrected chi connectivity index (χ4v) is 3.12. The fourth-order valence-electron chi connectivity index (χ4n) is 2.39. The van der Waals surface area contributed by atoms with E-state index in [9.17, 15) is 4.79 Å². The number of carbonyl (C=O) groups excluding carboxylic acids is 1. The van der Waals surface area contributed by atoms with Gasteiger partial charge in [0.1, 0.15) is 6.61 Å². The minimum Gasteiger partial charge on any atom is -0.455 e. The van der Waals surface area contributed by atoms with Crippen LogP contribution < -0.4 is 0 Å². The maximum atomic E-state index is 12.4. The number of aryl methyl sites for hydroxylation is 3. The highest BCUT2D eigenvalue weighted by Gasteiger charge is 2.14. The van der Waals surface area contributed by atoms with E-state index in [4.69, 9.17) is 4.74 Å². The summed E-state index contributed by atoms with van der Waals surface area (Å²) in [7, 11) is 0. The first-order valence-electron chi connectivity index (χ1n) is 7.55. The summed E-state index contributed by atoms with van der Waals surface area (Å²) in [6.07, 6.45) is 0.895. The highest BCUT2D eigenvalue weighted by atomic mass is 32.1. The number of esters is 1. The standard InChI is InChI=1S/C18H18N2O2S/c1-4-17-20-14(10-23-17)9-22-18(21)15-8-13-7-11(2)5-6-16(13)19-12(15)3/h5-8,10H,4,9H2,1-3H3. The molecule has 0 amide bonds. The number of nitrogens with zero attached hydrogens (tertiary/aromatic N) is 2. The van der Waals surface area contributed by atoms with Crippen LogP contribution in [0.15, 0.2) is 29.6 Å². The van der Waals surface area contributed by atoms with E-state index in [0.29, 0.717) is 11.3 Å². The molecule has 1 aromatic carbocycles. The van der Waals surface area contributed by atoms with Crippen LogP contribution in [0.5, 0.6) is 0 Å². The third-order valence-electron chi connectivity index (χ3n) is 3.63. The van der Waals surface area contributed by atoms with Gasteiger partial charge in [-0.15, -0.1) is 11.3 Å². The molecule has 0 atom stereocenters. The molecule has 3 rings (SSSR count). The van der Waals surface area contributed by atoms with Crippen LogP contribution in [0.1, 0.15) is 39.2 Å².